The fourth-order valence-corrected chi connectivity index (χ4v) is 1.77. The van der Waals surface area contributed by atoms with Crippen LogP contribution in [0.3, 0.4) is 0 Å². The van der Waals surface area contributed by atoms with Gasteiger partial charge in [0.05, 0.1) is 0 Å². The van der Waals surface area contributed by atoms with E-state index < -0.39 is 0 Å². The Balaban J connectivity index is 2.57. The van der Waals surface area contributed by atoms with Crippen molar-refractivity contribution < 1.29 is 4.52 Å². The van der Waals surface area contributed by atoms with Gasteiger partial charge < -0.3 is 10.3 Å². The molecule has 1 heterocycles. The van der Waals surface area contributed by atoms with Crippen molar-refractivity contribution in [1.82, 2.24) is 5.16 Å². The van der Waals surface area contributed by atoms with Crippen molar-refractivity contribution in [3.05, 3.63) is 35.9 Å². The van der Waals surface area contributed by atoms with E-state index in [1.165, 1.54) is 5.56 Å². The van der Waals surface area contributed by atoms with E-state index in [-0.39, 0.29) is 5.41 Å². The number of nitrogen functional groups attached to an aromatic ring is 1. The molecular formula is C13H16N2O. The number of rotatable bonds is 1. The summed E-state index contributed by atoms with van der Waals surface area (Å²) in [6.07, 6.45) is 0. The van der Waals surface area contributed by atoms with Crippen LogP contribution in [0, 0.1) is 0 Å². The minimum Gasteiger partial charge on any atom is -0.381 e. The smallest absolute Gasteiger partial charge is 0.169 e. The van der Waals surface area contributed by atoms with Crippen LogP contribution in [-0.2, 0) is 5.41 Å². The first kappa shape index (κ1) is 10.7. The number of nitrogens with two attached hydrogens (primary N) is 1. The van der Waals surface area contributed by atoms with Gasteiger partial charge in [-0.15, -0.1) is 0 Å². The molecule has 0 saturated heterocycles. The van der Waals surface area contributed by atoms with Gasteiger partial charge in [0.2, 0.25) is 0 Å². The van der Waals surface area contributed by atoms with Gasteiger partial charge in [0.25, 0.3) is 0 Å². The molecule has 0 bridgehead atoms. The molecule has 0 aliphatic carbocycles. The zero-order chi connectivity index (χ0) is 11.8. The zero-order valence-corrected chi connectivity index (χ0v) is 9.82. The number of nitrogens with zero attached hydrogens (tertiary/aromatic N) is 1. The van der Waals surface area contributed by atoms with E-state index in [1.54, 1.807) is 6.07 Å². The average Bonchev–Trinajstić information content (AvgIpc) is 2.64. The number of aromatic nitrogens is 1. The molecule has 0 aliphatic heterocycles. The van der Waals surface area contributed by atoms with Crippen LogP contribution >= 0.6 is 0 Å². The summed E-state index contributed by atoms with van der Waals surface area (Å²) in [7, 11) is 0. The molecule has 0 amide bonds. The summed E-state index contributed by atoms with van der Waals surface area (Å²) < 4.78 is 5.21. The minimum absolute atomic E-state index is 0.0676. The second-order valence-corrected chi connectivity index (χ2v) is 4.91. The van der Waals surface area contributed by atoms with Crippen LogP contribution in [0.4, 0.5) is 5.82 Å². The van der Waals surface area contributed by atoms with Crippen LogP contribution in [0.5, 0.6) is 0 Å². The van der Waals surface area contributed by atoms with E-state index in [0.29, 0.717) is 5.82 Å². The van der Waals surface area contributed by atoms with E-state index in [9.17, 15) is 0 Å². The van der Waals surface area contributed by atoms with Crippen molar-refractivity contribution in [2.45, 2.75) is 26.2 Å². The van der Waals surface area contributed by atoms with Crippen molar-refractivity contribution in [2.75, 3.05) is 5.73 Å². The third-order valence-corrected chi connectivity index (χ3v) is 2.53. The molecule has 3 heteroatoms. The van der Waals surface area contributed by atoms with E-state index >= 15 is 0 Å². The second kappa shape index (κ2) is 3.67. The van der Waals surface area contributed by atoms with Gasteiger partial charge in [-0.05, 0) is 11.0 Å². The van der Waals surface area contributed by atoms with E-state index in [0.717, 1.165) is 11.3 Å². The Kier molecular flexibility index (Phi) is 2.46. The fraction of sp³-hybridized carbons (Fsp3) is 0.308. The lowest BCUT2D eigenvalue weighted by Crippen LogP contribution is -2.12. The molecule has 3 nitrogen and oxygen atoms in total. The largest absolute Gasteiger partial charge is 0.381 e. The summed E-state index contributed by atoms with van der Waals surface area (Å²) in [5.41, 5.74) is 7.92. The lowest BCUT2D eigenvalue weighted by atomic mass is 9.83. The van der Waals surface area contributed by atoms with Crippen molar-refractivity contribution in [2.24, 2.45) is 0 Å². The van der Waals surface area contributed by atoms with Gasteiger partial charge in [0, 0.05) is 11.6 Å². The molecule has 0 radical (unpaired) electrons. The standard InChI is InChI=1S/C13H16N2O/c1-13(2,3)10-7-5-4-6-9(10)11-8-12(14)15-16-11/h4-8H,1-3H3,(H2,14,15). The van der Waals surface area contributed by atoms with E-state index in [4.69, 9.17) is 10.3 Å². The number of hydrogen-bond acceptors (Lipinski definition) is 3. The third kappa shape index (κ3) is 1.94. The summed E-state index contributed by atoms with van der Waals surface area (Å²) in [6.45, 7) is 6.52. The Morgan fingerprint density at radius 2 is 1.88 bits per heavy atom. The topological polar surface area (TPSA) is 52.0 Å². The quantitative estimate of drug-likeness (QED) is 0.796. The molecule has 2 aromatic rings. The van der Waals surface area contributed by atoms with Crippen LogP contribution in [-0.4, -0.2) is 5.16 Å². The van der Waals surface area contributed by atoms with Crippen LogP contribution in [0.15, 0.2) is 34.9 Å². The maximum absolute atomic E-state index is 5.57. The first-order valence-electron chi connectivity index (χ1n) is 5.30. The second-order valence-electron chi connectivity index (χ2n) is 4.91. The predicted molar refractivity (Wildman–Crippen MR) is 65.1 cm³/mol. The van der Waals surface area contributed by atoms with Crippen LogP contribution in [0.25, 0.3) is 11.3 Å². The van der Waals surface area contributed by atoms with E-state index in [1.807, 2.05) is 18.2 Å². The summed E-state index contributed by atoms with van der Waals surface area (Å²) in [5, 5.41) is 3.72. The Hall–Kier alpha value is -1.77. The summed E-state index contributed by atoms with van der Waals surface area (Å²) in [6, 6.07) is 9.91. The Morgan fingerprint density at radius 1 is 1.19 bits per heavy atom. The highest BCUT2D eigenvalue weighted by atomic mass is 16.5. The highest BCUT2D eigenvalue weighted by Gasteiger charge is 2.20. The maximum atomic E-state index is 5.57. The fourth-order valence-electron chi connectivity index (χ4n) is 1.77. The predicted octanol–water partition coefficient (Wildman–Crippen LogP) is 3.22. The minimum atomic E-state index is 0.0676. The Bertz CT molecular complexity index is 495. The molecule has 1 aromatic heterocycles. The number of anilines is 1. The normalized spacial score (nSPS) is 11.7. The number of benzene rings is 1. The maximum Gasteiger partial charge on any atom is 0.169 e. The molecule has 84 valence electrons. The van der Waals surface area contributed by atoms with Gasteiger partial charge in [-0.25, -0.2) is 0 Å². The van der Waals surface area contributed by atoms with Gasteiger partial charge in [-0.1, -0.05) is 50.2 Å². The molecule has 2 rings (SSSR count). The summed E-state index contributed by atoms with van der Waals surface area (Å²) in [4.78, 5) is 0. The average molecular weight is 216 g/mol. The van der Waals surface area contributed by atoms with Gasteiger partial charge in [-0.3, -0.25) is 0 Å². The lowest BCUT2D eigenvalue weighted by Gasteiger charge is -2.21. The lowest BCUT2D eigenvalue weighted by molar-refractivity contribution is 0.434. The van der Waals surface area contributed by atoms with Crippen molar-refractivity contribution in [1.29, 1.82) is 0 Å². The first-order chi connectivity index (χ1) is 7.48. The SMILES string of the molecule is CC(C)(C)c1ccccc1-c1cc(N)no1. The number of hydrogen-bond donors (Lipinski definition) is 1. The molecule has 0 unspecified atom stereocenters. The van der Waals surface area contributed by atoms with Gasteiger partial charge in [-0.2, -0.15) is 0 Å². The Morgan fingerprint density at radius 3 is 2.44 bits per heavy atom. The van der Waals surface area contributed by atoms with Gasteiger partial charge >= 0.3 is 0 Å². The summed E-state index contributed by atoms with van der Waals surface area (Å²) >= 11 is 0. The molecular weight excluding hydrogens is 200 g/mol. The molecule has 2 N–H and O–H groups in total. The highest BCUT2D eigenvalue weighted by Crippen LogP contribution is 2.33. The Labute approximate surface area is 95.3 Å². The molecule has 0 atom stereocenters. The molecule has 0 spiro atoms. The zero-order valence-electron chi connectivity index (χ0n) is 9.82. The molecule has 0 aliphatic rings. The van der Waals surface area contributed by atoms with Crippen molar-refractivity contribution in [3.8, 4) is 11.3 Å². The van der Waals surface area contributed by atoms with Gasteiger partial charge in [0.15, 0.2) is 11.6 Å². The molecule has 16 heavy (non-hydrogen) atoms. The van der Waals surface area contributed by atoms with E-state index in [2.05, 4.69) is 32.0 Å². The van der Waals surface area contributed by atoms with Gasteiger partial charge in [0.1, 0.15) is 0 Å². The van der Waals surface area contributed by atoms with Crippen LogP contribution in [0.1, 0.15) is 26.3 Å². The van der Waals surface area contributed by atoms with Crippen LogP contribution < -0.4 is 5.73 Å². The monoisotopic (exact) mass is 216 g/mol. The van der Waals surface area contributed by atoms with Crippen molar-refractivity contribution in [3.63, 3.8) is 0 Å². The molecule has 1 aromatic carbocycles. The summed E-state index contributed by atoms with van der Waals surface area (Å²) in [5.74, 6) is 1.14. The van der Waals surface area contributed by atoms with Crippen LogP contribution in [0.2, 0.25) is 0 Å². The molecule has 0 fully saturated rings. The highest BCUT2D eigenvalue weighted by molar-refractivity contribution is 5.65. The first-order valence-corrected chi connectivity index (χ1v) is 5.30. The molecule has 0 saturated carbocycles. The van der Waals surface area contributed by atoms with Crippen molar-refractivity contribution >= 4 is 5.82 Å². The third-order valence-electron chi connectivity index (χ3n) is 2.53.